The summed E-state index contributed by atoms with van der Waals surface area (Å²) in [5, 5.41) is 11.0. The molecular weight excluding hydrogens is 526 g/mol. The second-order valence-electron chi connectivity index (χ2n) is 8.05. The van der Waals surface area contributed by atoms with Gasteiger partial charge in [-0.2, -0.15) is 0 Å². The highest BCUT2D eigenvalue weighted by molar-refractivity contribution is 9.10. The number of fused-ring (bicyclic) bond motifs is 2. The van der Waals surface area contributed by atoms with E-state index in [0.717, 1.165) is 15.8 Å². The van der Waals surface area contributed by atoms with Crippen LogP contribution in [0.1, 0.15) is 22.5 Å². The van der Waals surface area contributed by atoms with Crippen LogP contribution in [-0.4, -0.2) is 33.2 Å². The van der Waals surface area contributed by atoms with Crippen molar-refractivity contribution < 1.29 is 9.59 Å². The SMILES string of the molecule is O=C(CCN1c2ccccc2Sc2ccccc21)NCc1cn(CC(=O)c2ccc(Br)cc2)nn1. The number of nitrogens with zero attached hydrogens (tertiary/aromatic N) is 4. The van der Waals surface area contributed by atoms with Crippen LogP contribution >= 0.6 is 27.7 Å². The van der Waals surface area contributed by atoms with Gasteiger partial charge in [0.15, 0.2) is 5.78 Å². The highest BCUT2D eigenvalue weighted by atomic mass is 79.9. The molecule has 35 heavy (non-hydrogen) atoms. The van der Waals surface area contributed by atoms with Crippen LogP contribution in [0.5, 0.6) is 0 Å². The zero-order chi connectivity index (χ0) is 24.2. The maximum absolute atomic E-state index is 12.6. The van der Waals surface area contributed by atoms with E-state index >= 15 is 0 Å². The lowest BCUT2D eigenvalue weighted by Crippen LogP contribution is -2.29. The molecule has 0 saturated heterocycles. The van der Waals surface area contributed by atoms with E-state index in [2.05, 4.69) is 60.7 Å². The summed E-state index contributed by atoms with van der Waals surface area (Å²) >= 11 is 5.11. The van der Waals surface area contributed by atoms with Gasteiger partial charge >= 0.3 is 0 Å². The first kappa shape index (κ1) is 23.3. The maximum atomic E-state index is 12.6. The fourth-order valence-electron chi connectivity index (χ4n) is 3.88. The molecule has 0 fully saturated rings. The monoisotopic (exact) mass is 547 g/mol. The van der Waals surface area contributed by atoms with E-state index in [1.54, 1.807) is 30.1 Å². The quantitative estimate of drug-likeness (QED) is 0.304. The fraction of sp³-hybridized carbons (Fsp3) is 0.154. The molecule has 176 valence electrons. The Bertz CT molecular complexity index is 1330. The molecule has 3 aromatic carbocycles. The van der Waals surface area contributed by atoms with Gasteiger partial charge in [-0.25, -0.2) is 4.68 Å². The van der Waals surface area contributed by atoms with E-state index in [-0.39, 0.29) is 24.8 Å². The van der Waals surface area contributed by atoms with Crippen molar-refractivity contribution in [1.82, 2.24) is 20.3 Å². The number of nitrogens with one attached hydrogen (secondary N) is 1. The van der Waals surface area contributed by atoms with Crippen molar-refractivity contribution in [2.45, 2.75) is 29.3 Å². The summed E-state index contributed by atoms with van der Waals surface area (Å²) in [5.41, 5.74) is 3.44. The highest BCUT2D eigenvalue weighted by Crippen LogP contribution is 2.47. The second-order valence-corrected chi connectivity index (χ2v) is 10.1. The van der Waals surface area contributed by atoms with Crippen molar-refractivity contribution >= 4 is 50.8 Å². The second kappa shape index (κ2) is 10.5. The molecule has 5 rings (SSSR count). The topological polar surface area (TPSA) is 80.1 Å². The predicted octanol–water partition coefficient (Wildman–Crippen LogP) is 5.23. The molecule has 0 radical (unpaired) electrons. The van der Waals surface area contributed by atoms with Crippen molar-refractivity contribution in [1.29, 1.82) is 0 Å². The number of carbonyl (C=O) groups excluding carboxylic acids is 2. The molecule has 0 atom stereocenters. The van der Waals surface area contributed by atoms with Crippen LogP contribution in [-0.2, 0) is 17.9 Å². The molecule has 1 aliphatic heterocycles. The van der Waals surface area contributed by atoms with E-state index < -0.39 is 0 Å². The Kier molecular flexibility index (Phi) is 6.96. The molecule has 7 nitrogen and oxygen atoms in total. The average Bonchev–Trinajstić information content (AvgIpc) is 3.32. The van der Waals surface area contributed by atoms with Crippen LogP contribution in [0.2, 0.25) is 0 Å². The number of carbonyl (C=O) groups is 2. The number of para-hydroxylation sites is 2. The average molecular weight is 548 g/mol. The fourth-order valence-corrected chi connectivity index (χ4v) is 5.24. The Morgan fingerprint density at radius 3 is 2.26 bits per heavy atom. The number of benzene rings is 3. The maximum Gasteiger partial charge on any atom is 0.222 e. The van der Waals surface area contributed by atoms with Gasteiger partial charge in [-0.3, -0.25) is 9.59 Å². The first-order chi connectivity index (χ1) is 17.1. The summed E-state index contributed by atoms with van der Waals surface area (Å²) in [7, 11) is 0. The molecule has 1 amide bonds. The predicted molar refractivity (Wildman–Crippen MR) is 139 cm³/mol. The number of amides is 1. The molecule has 0 unspecified atom stereocenters. The molecule has 0 aliphatic carbocycles. The molecule has 0 bridgehead atoms. The Hall–Kier alpha value is -3.43. The zero-order valence-corrected chi connectivity index (χ0v) is 21.1. The van der Waals surface area contributed by atoms with Crippen LogP contribution < -0.4 is 10.2 Å². The smallest absolute Gasteiger partial charge is 0.222 e. The third-order valence-electron chi connectivity index (χ3n) is 5.62. The summed E-state index contributed by atoms with van der Waals surface area (Å²) < 4.78 is 2.41. The number of hydrogen-bond acceptors (Lipinski definition) is 6. The minimum Gasteiger partial charge on any atom is -0.350 e. The highest BCUT2D eigenvalue weighted by Gasteiger charge is 2.23. The number of Topliss-reactive ketones (excluding diaryl/α,β-unsaturated/α-hetero) is 1. The molecule has 0 saturated carbocycles. The van der Waals surface area contributed by atoms with Crippen LogP contribution in [0.4, 0.5) is 11.4 Å². The van der Waals surface area contributed by atoms with E-state index in [1.807, 2.05) is 36.4 Å². The minimum absolute atomic E-state index is 0.0572. The molecule has 1 aliphatic rings. The number of aromatic nitrogens is 3. The molecule has 0 spiro atoms. The molecule has 9 heteroatoms. The van der Waals surface area contributed by atoms with Gasteiger partial charge in [-0.15, -0.1) is 5.10 Å². The van der Waals surface area contributed by atoms with Gasteiger partial charge in [-0.1, -0.05) is 69.3 Å². The van der Waals surface area contributed by atoms with Gasteiger partial charge in [0.05, 0.1) is 24.1 Å². The number of hydrogen-bond donors (Lipinski definition) is 1. The Morgan fingerprint density at radius 2 is 1.57 bits per heavy atom. The first-order valence-electron chi connectivity index (χ1n) is 11.1. The van der Waals surface area contributed by atoms with Gasteiger partial charge in [-0.05, 0) is 36.4 Å². The first-order valence-corrected chi connectivity index (χ1v) is 12.8. The Morgan fingerprint density at radius 1 is 0.914 bits per heavy atom. The molecular formula is C26H22BrN5O2S. The van der Waals surface area contributed by atoms with Crippen LogP contribution in [0.15, 0.2) is 93.3 Å². The van der Waals surface area contributed by atoms with Gasteiger partial charge in [0.1, 0.15) is 12.2 Å². The number of anilines is 2. The van der Waals surface area contributed by atoms with Gasteiger partial charge < -0.3 is 10.2 Å². The molecule has 2 heterocycles. The van der Waals surface area contributed by atoms with Gasteiger partial charge in [0.2, 0.25) is 5.91 Å². The standard InChI is InChI=1S/C26H22BrN5O2S/c27-19-11-9-18(10-12-19)23(33)17-31-16-20(29-30-31)15-28-26(34)13-14-32-21-5-1-3-7-24(21)35-25-8-4-2-6-22(25)32/h1-12,16H,13-15,17H2,(H,28,34). The van der Waals surface area contributed by atoms with E-state index in [1.165, 1.54) is 14.5 Å². The Labute approximate surface area is 215 Å². The van der Waals surface area contributed by atoms with E-state index in [4.69, 9.17) is 0 Å². The lowest BCUT2D eigenvalue weighted by molar-refractivity contribution is -0.121. The third kappa shape index (κ3) is 5.47. The van der Waals surface area contributed by atoms with Crippen LogP contribution in [0.3, 0.4) is 0 Å². The molecule has 4 aromatic rings. The number of halogens is 1. The van der Waals surface area contributed by atoms with Gasteiger partial charge in [0, 0.05) is 32.8 Å². The van der Waals surface area contributed by atoms with Gasteiger partial charge in [0.25, 0.3) is 0 Å². The number of ketones is 1. The summed E-state index contributed by atoms with van der Waals surface area (Å²) in [6.45, 7) is 0.914. The molecule has 1 aromatic heterocycles. The van der Waals surface area contributed by atoms with Crippen molar-refractivity contribution in [2.75, 3.05) is 11.4 Å². The lowest BCUT2D eigenvalue weighted by Gasteiger charge is -2.32. The van der Waals surface area contributed by atoms with Crippen LogP contribution in [0, 0.1) is 0 Å². The van der Waals surface area contributed by atoms with Crippen LogP contribution in [0.25, 0.3) is 0 Å². The lowest BCUT2D eigenvalue weighted by atomic mass is 10.1. The number of rotatable bonds is 8. The summed E-state index contributed by atoms with van der Waals surface area (Å²) in [6.07, 6.45) is 2.02. The summed E-state index contributed by atoms with van der Waals surface area (Å²) in [6, 6.07) is 23.7. The van der Waals surface area contributed by atoms with E-state index in [9.17, 15) is 9.59 Å². The largest absolute Gasteiger partial charge is 0.350 e. The Balaban J connectivity index is 1.16. The minimum atomic E-state index is -0.0707. The third-order valence-corrected chi connectivity index (χ3v) is 7.28. The summed E-state index contributed by atoms with van der Waals surface area (Å²) in [4.78, 5) is 29.6. The van der Waals surface area contributed by atoms with Crippen molar-refractivity contribution in [3.63, 3.8) is 0 Å². The summed E-state index contributed by atoms with van der Waals surface area (Å²) in [5.74, 6) is -0.128. The molecule has 1 N–H and O–H groups in total. The van der Waals surface area contributed by atoms with E-state index in [0.29, 0.717) is 24.2 Å². The zero-order valence-electron chi connectivity index (χ0n) is 18.7. The van der Waals surface area contributed by atoms with Crippen molar-refractivity contribution in [2.24, 2.45) is 0 Å². The van der Waals surface area contributed by atoms with Crippen molar-refractivity contribution in [3.8, 4) is 0 Å². The normalized spacial score (nSPS) is 12.1. The van der Waals surface area contributed by atoms with Crippen molar-refractivity contribution in [3.05, 3.63) is 94.7 Å².